The molecule has 0 saturated carbocycles. The van der Waals surface area contributed by atoms with Crippen molar-refractivity contribution in [2.45, 2.75) is 29.6 Å². The summed E-state index contributed by atoms with van der Waals surface area (Å²) in [6.45, 7) is 1.51. The number of carboxylic acid groups (broad SMARTS) is 2. The molecule has 0 amide bonds. The van der Waals surface area contributed by atoms with Crippen LogP contribution >= 0.6 is 25.3 Å². The van der Waals surface area contributed by atoms with Crippen LogP contribution in [0.5, 0.6) is 0 Å². The zero-order valence-corrected chi connectivity index (χ0v) is 17.5. The van der Waals surface area contributed by atoms with Crippen molar-refractivity contribution >= 4 is 71.4 Å². The number of aromatic amines is 2. The van der Waals surface area contributed by atoms with Crippen molar-refractivity contribution in [1.82, 2.24) is 39.9 Å². The Balaban J connectivity index is 0.000000176. The van der Waals surface area contributed by atoms with Gasteiger partial charge in [-0.25, -0.2) is 19.9 Å². The molecule has 8 N–H and O–H groups in total. The van der Waals surface area contributed by atoms with Gasteiger partial charge >= 0.3 is 11.9 Å². The van der Waals surface area contributed by atoms with E-state index in [9.17, 15) is 9.59 Å². The van der Waals surface area contributed by atoms with Gasteiger partial charge in [-0.2, -0.15) is 9.97 Å². The molecular weight excluding hydrogens is 448 g/mol. The molecule has 14 nitrogen and oxygen atoms in total. The normalized spacial score (nSPS) is 11.8. The van der Waals surface area contributed by atoms with Crippen LogP contribution in [-0.4, -0.2) is 62.0 Å². The lowest BCUT2D eigenvalue weighted by Crippen LogP contribution is -2.12. The predicted molar refractivity (Wildman–Crippen MR) is 114 cm³/mol. The summed E-state index contributed by atoms with van der Waals surface area (Å²) in [5, 5.41) is 18.3. The zero-order valence-electron chi connectivity index (χ0n) is 15.7. The molecule has 0 radical (unpaired) electrons. The standard InChI is InChI=1S/C8H9N5O2S.C7H7N5O2S/c1-2(6(14)15)3-4-5(12-7(9)10-3)13-8(16)11-4;8-6-9-2(1-3(13)14)4-5(11-6)12-7(15)10-4/h2H,1H3,(H,14,15)(H4,9,10,11,12,13,16);1H2,(H,13,14)(H4,8,9,10,11,12,15). The topological polar surface area (TPSA) is 236 Å². The smallest absolute Gasteiger partial charge is 0.312 e. The quantitative estimate of drug-likeness (QED) is 0.190. The fourth-order valence-electron chi connectivity index (χ4n) is 2.58. The van der Waals surface area contributed by atoms with Crippen LogP contribution in [0.2, 0.25) is 0 Å². The Kier molecular flexibility index (Phi) is 6.11. The number of nitrogens with one attached hydrogen (secondary N) is 2. The van der Waals surface area contributed by atoms with Crippen molar-refractivity contribution in [3.63, 3.8) is 0 Å². The Morgan fingerprint density at radius 2 is 1.42 bits per heavy atom. The molecule has 4 rings (SSSR count). The number of nitrogen functional groups attached to an aromatic ring is 2. The first kappa shape index (κ1) is 22.0. The first-order valence-electron chi connectivity index (χ1n) is 8.43. The van der Waals surface area contributed by atoms with Crippen LogP contribution in [-0.2, 0) is 16.0 Å². The summed E-state index contributed by atoms with van der Waals surface area (Å²) in [4.78, 5) is 50.5. The van der Waals surface area contributed by atoms with Gasteiger partial charge in [0.05, 0.1) is 23.7 Å². The second-order valence-corrected chi connectivity index (χ2v) is 6.99. The molecule has 0 bridgehead atoms. The molecule has 162 valence electrons. The highest BCUT2D eigenvalue weighted by Crippen LogP contribution is 2.23. The van der Waals surface area contributed by atoms with E-state index >= 15 is 0 Å². The predicted octanol–water partition coefficient (Wildman–Crippen LogP) is 0.263. The number of thiol groups is 2. The van der Waals surface area contributed by atoms with Crippen molar-refractivity contribution in [3.8, 4) is 0 Å². The molecule has 0 aliphatic heterocycles. The Hall–Kier alpha value is -3.66. The van der Waals surface area contributed by atoms with Crippen molar-refractivity contribution in [2.24, 2.45) is 0 Å². The van der Waals surface area contributed by atoms with Crippen LogP contribution in [0.1, 0.15) is 24.2 Å². The third kappa shape index (κ3) is 4.92. The number of carbonyl (C=O) groups is 2. The van der Waals surface area contributed by atoms with Gasteiger partial charge in [0.15, 0.2) is 21.6 Å². The molecule has 4 aromatic heterocycles. The molecule has 0 fully saturated rings. The highest BCUT2D eigenvalue weighted by Gasteiger charge is 2.21. The summed E-state index contributed by atoms with van der Waals surface area (Å²) in [5.41, 5.74) is 13.0. The second-order valence-electron chi connectivity index (χ2n) is 6.14. The minimum Gasteiger partial charge on any atom is -0.481 e. The Morgan fingerprint density at radius 3 is 1.97 bits per heavy atom. The Bertz CT molecular complexity index is 1300. The van der Waals surface area contributed by atoms with Gasteiger partial charge in [0.1, 0.15) is 11.0 Å². The fraction of sp³-hybridized carbons (Fsp3) is 0.200. The highest BCUT2D eigenvalue weighted by molar-refractivity contribution is 7.80. The van der Waals surface area contributed by atoms with Gasteiger partial charge in [0.25, 0.3) is 0 Å². The van der Waals surface area contributed by atoms with Crippen molar-refractivity contribution in [1.29, 1.82) is 0 Å². The lowest BCUT2D eigenvalue weighted by molar-refractivity contribution is -0.138. The molecule has 16 heteroatoms. The van der Waals surface area contributed by atoms with E-state index < -0.39 is 17.9 Å². The van der Waals surface area contributed by atoms with Crippen LogP contribution < -0.4 is 11.5 Å². The molecule has 0 saturated heterocycles. The lowest BCUT2D eigenvalue weighted by atomic mass is 10.1. The van der Waals surface area contributed by atoms with E-state index in [0.717, 1.165) is 0 Å². The van der Waals surface area contributed by atoms with Gasteiger partial charge in [-0.1, -0.05) is 0 Å². The van der Waals surface area contributed by atoms with E-state index in [4.69, 9.17) is 21.7 Å². The van der Waals surface area contributed by atoms with E-state index in [1.165, 1.54) is 6.92 Å². The number of fused-ring (bicyclic) bond motifs is 2. The molecule has 1 atom stereocenters. The van der Waals surface area contributed by atoms with E-state index in [-0.39, 0.29) is 29.7 Å². The maximum atomic E-state index is 10.9. The van der Waals surface area contributed by atoms with Crippen LogP contribution in [0.4, 0.5) is 11.9 Å². The maximum absolute atomic E-state index is 10.9. The molecule has 1 unspecified atom stereocenters. The van der Waals surface area contributed by atoms with E-state index in [0.29, 0.717) is 32.6 Å². The van der Waals surface area contributed by atoms with Gasteiger partial charge in [0, 0.05) is 0 Å². The van der Waals surface area contributed by atoms with Gasteiger partial charge < -0.3 is 31.6 Å². The Morgan fingerprint density at radius 1 is 0.903 bits per heavy atom. The highest BCUT2D eigenvalue weighted by atomic mass is 32.1. The summed E-state index contributed by atoms with van der Waals surface area (Å²) >= 11 is 8.01. The van der Waals surface area contributed by atoms with Crippen LogP contribution in [0.15, 0.2) is 10.3 Å². The number of imidazole rings is 2. The van der Waals surface area contributed by atoms with Crippen LogP contribution in [0, 0.1) is 0 Å². The number of hydrogen-bond donors (Lipinski definition) is 8. The number of rotatable bonds is 4. The third-order valence-electron chi connectivity index (χ3n) is 3.90. The fourth-order valence-corrected chi connectivity index (χ4v) is 2.99. The summed E-state index contributed by atoms with van der Waals surface area (Å²) in [5.74, 6) is -2.78. The molecule has 4 heterocycles. The number of hydrogen-bond acceptors (Lipinski definition) is 12. The van der Waals surface area contributed by atoms with Gasteiger partial charge in [0.2, 0.25) is 11.9 Å². The molecule has 0 aliphatic rings. The van der Waals surface area contributed by atoms with Gasteiger partial charge in [-0.3, -0.25) is 9.59 Å². The van der Waals surface area contributed by atoms with Gasteiger partial charge in [-0.05, 0) is 6.92 Å². The first-order valence-corrected chi connectivity index (χ1v) is 9.32. The third-order valence-corrected chi connectivity index (χ3v) is 4.32. The number of nitrogens with zero attached hydrogens (tertiary/aromatic N) is 6. The summed E-state index contributed by atoms with van der Waals surface area (Å²) in [6, 6.07) is 0. The number of nitrogens with two attached hydrogens (primary N) is 2. The maximum Gasteiger partial charge on any atom is 0.312 e. The number of aliphatic carboxylic acids is 2. The minimum atomic E-state index is -1.00. The summed E-state index contributed by atoms with van der Waals surface area (Å²) in [6.07, 6.45) is -0.249. The number of aromatic nitrogens is 8. The second kappa shape index (κ2) is 8.60. The van der Waals surface area contributed by atoms with Crippen LogP contribution in [0.3, 0.4) is 0 Å². The number of carboxylic acids is 2. The van der Waals surface area contributed by atoms with Crippen LogP contribution in [0.25, 0.3) is 22.3 Å². The van der Waals surface area contributed by atoms with Crippen molar-refractivity contribution < 1.29 is 19.8 Å². The lowest BCUT2D eigenvalue weighted by Gasteiger charge is -2.06. The number of anilines is 2. The monoisotopic (exact) mass is 464 g/mol. The average Bonchev–Trinajstić information content (AvgIpc) is 3.21. The summed E-state index contributed by atoms with van der Waals surface area (Å²) < 4.78 is 0. The van der Waals surface area contributed by atoms with E-state index in [1.54, 1.807) is 0 Å². The van der Waals surface area contributed by atoms with Crippen molar-refractivity contribution in [3.05, 3.63) is 11.4 Å². The largest absolute Gasteiger partial charge is 0.481 e. The SMILES string of the molecule is CC(C(=O)O)c1nc(N)nc2[nH]c(S)nc12.Nc1nc(CC(=O)O)c2nc(S)[nH]c2n1. The molecule has 31 heavy (non-hydrogen) atoms. The average molecular weight is 464 g/mol. The molecule has 0 spiro atoms. The minimum absolute atomic E-state index is 0.00702. The first-order chi connectivity index (χ1) is 14.5. The Labute approximate surface area is 183 Å². The number of H-pyrrole nitrogens is 2. The van der Waals surface area contributed by atoms with E-state index in [2.05, 4.69) is 65.1 Å². The molecule has 0 aromatic carbocycles. The zero-order chi connectivity index (χ0) is 22.9. The van der Waals surface area contributed by atoms with Crippen molar-refractivity contribution in [2.75, 3.05) is 11.5 Å². The summed E-state index contributed by atoms with van der Waals surface area (Å²) in [7, 11) is 0. The molecule has 4 aromatic rings. The van der Waals surface area contributed by atoms with E-state index in [1.807, 2.05) is 0 Å². The molecule has 0 aliphatic carbocycles. The van der Waals surface area contributed by atoms with Gasteiger partial charge in [-0.15, -0.1) is 25.3 Å². The molecular formula is C15H16N10O4S2.